The normalized spacial score (nSPS) is 13.7. The number of nitrogens with one attached hydrogen (secondary N) is 1. The van der Waals surface area contributed by atoms with Gasteiger partial charge < -0.3 is 20.3 Å². The van der Waals surface area contributed by atoms with E-state index < -0.39 is 18.2 Å². The largest absolute Gasteiger partial charge is 0.462 e. The Morgan fingerprint density at radius 3 is 1.38 bits per heavy atom. The first-order valence-electron chi connectivity index (χ1n) is 24.9. The highest BCUT2D eigenvalue weighted by Gasteiger charge is 2.24. The van der Waals surface area contributed by atoms with E-state index in [-0.39, 0.29) is 24.9 Å². The lowest BCUT2D eigenvalue weighted by Gasteiger charge is -2.24. The van der Waals surface area contributed by atoms with Crippen molar-refractivity contribution in [1.82, 2.24) is 5.32 Å². The summed E-state index contributed by atoms with van der Waals surface area (Å²) in [5, 5.41) is 23.6. The van der Waals surface area contributed by atoms with Gasteiger partial charge in [0, 0.05) is 6.42 Å². The molecule has 0 radical (unpaired) electrons. The first-order chi connectivity index (χ1) is 28.5. The lowest BCUT2D eigenvalue weighted by Crippen LogP contribution is -2.46. The summed E-state index contributed by atoms with van der Waals surface area (Å²) in [4.78, 5) is 26.0. The van der Waals surface area contributed by atoms with Crippen LogP contribution >= 0.6 is 0 Å². The Morgan fingerprint density at radius 2 is 0.931 bits per heavy atom. The van der Waals surface area contributed by atoms with Crippen LogP contribution in [0.2, 0.25) is 0 Å². The van der Waals surface area contributed by atoms with Crippen molar-refractivity contribution >= 4 is 11.9 Å². The van der Waals surface area contributed by atoms with Gasteiger partial charge in [0.25, 0.3) is 0 Å². The van der Waals surface area contributed by atoms with Crippen LogP contribution < -0.4 is 5.32 Å². The molecule has 0 aliphatic carbocycles. The Morgan fingerprint density at radius 1 is 0.517 bits per heavy atom. The smallest absolute Gasteiger partial charge is 0.306 e. The second kappa shape index (κ2) is 45.9. The predicted molar refractivity (Wildman–Crippen MR) is 250 cm³/mol. The minimum atomic E-state index is -0.801. The molecular weight excluding hydrogens is 719 g/mol. The first kappa shape index (κ1) is 55.8. The maximum absolute atomic E-state index is 13.1. The maximum atomic E-state index is 13.1. The van der Waals surface area contributed by atoms with Gasteiger partial charge in [-0.15, -0.1) is 0 Å². The van der Waals surface area contributed by atoms with Gasteiger partial charge in [0.2, 0.25) is 5.91 Å². The molecule has 1 amide bonds. The summed E-state index contributed by atoms with van der Waals surface area (Å²) in [5.41, 5.74) is 0. The average Bonchev–Trinajstić information content (AvgIpc) is 3.22. The Labute approximate surface area is 359 Å². The van der Waals surface area contributed by atoms with Gasteiger partial charge in [0.05, 0.1) is 25.2 Å². The van der Waals surface area contributed by atoms with E-state index in [0.717, 1.165) is 57.8 Å². The Kier molecular flexibility index (Phi) is 44.2. The molecule has 0 heterocycles. The second-order valence-corrected chi connectivity index (χ2v) is 16.9. The van der Waals surface area contributed by atoms with Gasteiger partial charge >= 0.3 is 5.97 Å². The highest BCUT2D eigenvalue weighted by atomic mass is 16.5. The molecule has 0 saturated carbocycles. The molecule has 338 valence electrons. The fraction of sp³-hybridized carbons (Fsp3) is 0.808. The average molecular weight is 814 g/mol. The van der Waals surface area contributed by atoms with Crippen molar-refractivity contribution in [2.75, 3.05) is 6.61 Å². The summed E-state index contributed by atoms with van der Waals surface area (Å²) in [5.74, 6) is -0.537. The highest BCUT2D eigenvalue weighted by Crippen LogP contribution is 2.17. The zero-order valence-electron chi connectivity index (χ0n) is 38.4. The molecule has 0 bridgehead atoms. The SMILES string of the molecule is CC/C=C/C=C/C=C\C=C/CCCC(CC(=O)NC(CO)C(O)CCCCCCCCCCC)OC(=O)CCCCCCCCCCCCCCCCCCCCC. The summed E-state index contributed by atoms with van der Waals surface area (Å²) >= 11 is 0. The Bertz CT molecular complexity index is 1000. The van der Waals surface area contributed by atoms with Crippen molar-refractivity contribution in [2.24, 2.45) is 0 Å². The number of hydrogen-bond acceptors (Lipinski definition) is 5. The van der Waals surface area contributed by atoms with Gasteiger partial charge in [0.15, 0.2) is 0 Å². The monoisotopic (exact) mass is 814 g/mol. The molecule has 0 aliphatic rings. The number of esters is 1. The van der Waals surface area contributed by atoms with Gasteiger partial charge in [-0.2, -0.15) is 0 Å². The molecule has 3 unspecified atom stereocenters. The number of hydrogen-bond donors (Lipinski definition) is 3. The fourth-order valence-electron chi connectivity index (χ4n) is 7.51. The zero-order valence-corrected chi connectivity index (χ0v) is 38.4. The zero-order chi connectivity index (χ0) is 42.4. The minimum absolute atomic E-state index is 0.0336. The fourth-order valence-corrected chi connectivity index (χ4v) is 7.51. The molecule has 6 nitrogen and oxygen atoms in total. The van der Waals surface area contributed by atoms with E-state index in [1.165, 1.54) is 141 Å². The topological polar surface area (TPSA) is 95.9 Å². The van der Waals surface area contributed by atoms with Gasteiger partial charge in [-0.25, -0.2) is 0 Å². The van der Waals surface area contributed by atoms with Crippen LogP contribution in [-0.4, -0.2) is 46.9 Å². The number of carbonyl (C=O) groups is 2. The Balaban J connectivity index is 4.50. The van der Waals surface area contributed by atoms with E-state index in [1.807, 2.05) is 36.5 Å². The van der Waals surface area contributed by atoms with Gasteiger partial charge in [-0.1, -0.05) is 243 Å². The molecule has 0 aromatic carbocycles. The summed E-state index contributed by atoms with van der Waals surface area (Å²) in [6.07, 6.45) is 54.8. The number of aliphatic hydroxyl groups is 2. The molecular formula is C52H95NO5. The Hall–Kier alpha value is -2.18. The molecule has 0 fully saturated rings. The number of allylic oxidation sites excluding steroid dienone is 8. The molecule has 0 aliphatic heterocycles. The molecule has 6 heteroatoms. The van der Waals surface area contributed by atoms with Crippen LogP contribution in [0.25, 0.3) is 0 Å². The van der Waals surface area contributed by atoms with Crippen LogP contribution in [0.5, 0.6) is 0 Å². The molecule has 0 saturated heterocycles. The lowest BCUT2D eigenvalue weighted by molar-refractivity contribution is -0.151. The van der Waals surface area contributed by atoms with E-state index in [0.29, 0.717) is 19.3 Å². The van der Waals surface area contributed by atoms with Crippen LogP contribution in [0.1, 0.15) is 245 Å². The van der Waals surface area contributed by atoms with Crippen molar-refractivity contribution in [1.29, 1.82) is 0 Å². The molecule has 3 N–H and O–H groups in total. The standard InChI is InChI=1S/C52H95NO5/c1-4-7-10-13-16-19-21-22-23-24-25-26-27-28-30-33-36-39-42-45-52(57)58-48(43-40-37-34-32-29-20-17-14-11-8-5-2)46-51(56)53-49(47-54)50(55)44-41-38-35-31-18-15-12-9-6-3/h8,11,14,17,20,29,32,34,48-50,54-55H,4-7,9-10,12-13,15-16,18-19,21-28,30-31,33,35-47H2,1-3H3,(H,53,56)/b11-8+,17-14+,29-20-,34-32-. The third kappa shape index (κ3) is 40.6. The van der Waals surface area contributed by atoms with Crippen LogP contribution in [0, 0.1) is 0 Å². The number of unbranched alkanes of at least 4 members (excludes halogenated alkanes) is 27. The van der Waals surface area contributed by atoms with Crippen LogP contribution in [0.4, 0.5) is 0 Å². The lowest BCUT2D eigenvalue weighted by atomic mass is 10.0. The molecule has 0 aromatic rings. The van der Waals surface area contributed by atoms with Crippen LogP contribution in [-0.2, 0) is 14.3 Å². The minimum Gasteiger partial charge on any atom is -0.462 e. The van der Waals surface area contributed by atoms with E-state index in [1.54, 1.807) is 0 Å². The number of rotatable bonds is 44. The molecule has 0 spiro atoms. The van der Waals surface area contributed by atoms with Crippen molar-refractivity contribution in [3.05, 3.63) is 48.6 Å². The van der Waals surface area contributed by atoms with Crippen LogP contribution in [0.15, 0.2) is 48.6 Å². The third-order valence-corrected chi connectivity index (χ3v) is 11.3. The first-order valence-corrected chi connectivity index (χ1v) is 24.9. The number of amides is 1. The summed E-state index contributed by atoms with van der Waals surface area (Å²) in [6.45, 7) is 6.31. The van der Waals surface area contributed by atoms with E-state index in [2.05, 4.69) is 38.2 Å². The summed E-state index contributed by atoms with van der Waals surface area (Å²) < 4.78 is 5.88. The van der Waals surface area contributed by atoms with Crippen molar-refractivity contribution in [3.63, 3.8) is 0 Å². The predicted octanol–water partition coefficient (Wildman–Crippen LogP) is 14.7. The number of carbonyl (C=O) groups excluding carboxylic acids is 2. The molecule has 0 aromatic heterocycles. The quantitative estimate of drug-likeness (QED) is 0.0323. The highest BCUT2D eigenvalue weighted by molar-refractivity contribution is 5.77. The van der Waals surface area contributed by atoms with Crippen molar-refractivity contribution < 1.29 is 24.5 Å². The number of aliphatic hydroxyl groups excluding tert-OH is 2. The third-order valence-electron chi connectivity index (χ3n) is 11.3. The van der Waals surface area contributed by atoms with E-state index >= 15 is 0 Å². The molecule has 58 heavy (non-hydrogen) atoms. The molecule has 3 atom stereocenters. The maximum Gasteiger partial charge on any atom is 0.306 e. The van der Waals surface area contributed by atoms with Crippen molar-refractivity contribution in [3.8, 4) is 0 Å². The van der Waals surface area contributed by atoms with Gasteiger partial charge in [-0.05, 0) is 38.5 Å². The van der Waals surface area contributed by atoms with Gasteiger partial charge in [-0.3, -0.25) is 9.59 Å². The second-order valence-electron chi connectivity index (χ2n) is 16.9. The van der Waals surface area contributed by atoms with Crippen LogP contribution in [0.3, 0.4) is 0 Å². The van der Waals surface area contributed by atoms with Crippen molar-refractivity contribution in [2.45, 2.75) is 264 Å². The van der Waals surface area contributed by atoms with E-state index in [9.17, 15) is 19.8 Å². The molecule has 0 rings (SSSR count). The van der Waals surface area contributed by atoms with E-state index in [4.69, 9.17) is 4.74 Å². The summed E-state index contributed by atoms with van der Waals surface area (Å²) in [6, 6.07) is -0.719. The summed E-state index contributed by atoms with van der Waals surface area (Å²) in [7, 11) is 0. The number of ether oxygens (including phenoxy) is 1. The van der Waals surface area contributed by atoms with Gasteiger partial charge in [0.1, 0.15) is 6.10 Å².